The number of aromatic nitrogens is 2. The lowest BCUT2D eigenvalue weighted by molar-refractivity contribution is 0.661. The molecule has 0 radical (unpaired) electrons. The molecule has 11 rings (SSSR count). The van der Waals surface area contributed by atoms with Gasteiger partial charge in [-0.15, -0.1) is 0 Å². The van der Waals surface area contributed by atoms with E-state index < -0.39 is 0 Å². The van der Waals surface area contributed by atoms with Crippen molar-refractivity contribution in [1.29, 1.82) is 0 Å². The van der Waals surface area contributed by atoms with Crippen molar-refractivity contribution < 1.29 is 0 Å². The van der Waals surface area contributed by atoms with Crippen LogP contribution in [0.5, 0.6) is 0 Å². The minimum Gasteiger partial charge on any atom is -0.228 e. The van der Waals surface area contributed by atoms with Gasteiger partial charge in [-0.05, 0) is 95.4 Å². The zero-order valence-corrected chi connectivity index (χ0v) is 33.0. The van der Waals surface area contributed by atoms with Gasteiger partial charge in [0, 0.05) is 22.1 Å². The van der Waals surface area contributed by atoms with Gasteiger partial charge in [-0.3, -0.25) is 0 Å². The van der Waals surface area contributed by atoms with E-state index >= 15 is 0 Å². The highest BCUT2D eigenvalue weighted by Gasteiger charge is 2.37. The van der Waals surface area contributed by atoms with Crippen LogP contribution < -0.4 is 0 Å². The topological polar surface area (TPSA) is 25.8 Å². The normalized spacial score (nSPS) is 12.7. The van der Waals surface area contributed by atoms with Crippen LogP contribution in [0.15, 0.2) is 206 Å². The second-order valence-electron chi connectivity index (χ2n) is 16.2. The van der Waals surface area contributed by atoms with E-state index in [2.05, 4.69) is 202 Å². The molecule has 0 saturated carbocycles. The van der Waals surface area contributed by atoms with Crippen molar-refractivity contribution in [2.75, 3.05) is 0 Å². The monoisotopic (exact) mass is 752 g/mol. The third-order valence-electron chi connectivity index (χ3n) is 12.3. The van der Waals surface area contributed by atoms with E-state index in [0.29, 0.717) is 5.82 Å². The third kappa shape index (κ3) is 5.96. The second-order valence-corrected chi connectivity index (χ2v) is 16.2. The predicted molar refractivity (Wildman–Crippen MR) is 247 cm³/mol. The Kier molecular flexibility index (Phi) is 8.20. The molecule has 1 aromatic heterocycles. The molecule has 0 unspecified atom stereocenters. The molecule has 0 saturated heterocycles. The summed E-state index contributed by atoms with van der Waals surface area (Å²) >= 11 is 0. The summed E-state index contributed by atoms with van der Waals surface area (Å²) in [5.41, 5.74) is 17.4. The molecule has 2 nitrogen and oxygen atoms in total. The lowest BCUT2D eigenvalue weighted by atomic mass is 9.81. The standard InChI is InChI=1S/C57H40N2/c1-57(2)50-23-13-22-47(55(50)49-34-44-19-9-10-20-45(44)35-51(49)57)48-33-32-39-16-11-12-21-46(39)54(48)42-30-28-41(29-31-42)53-36-52(58-56(59-53)43-17-7-4-8-18-43)40-26-24-38(25-27-40)37-14-5-3-6-15-37/h3-36H,1-2H3. The van der Waals surface area contributed by atoms with Gasteiger partial charge >= 0.3 is 0 Å². The van der Waals surface area contributed by atoms with Crippen LogP contribution in [0.1, 0.15) is 25.0 Å². The zero-order chi connectivity index (χ0) is 39.5. The van der Waals surface area contributed by atoms with Crippen LogP contribution in [0.2, 0.25) is 0 Å². The van der Waals surface area contributed by atoms with Crippen LogP contribution in [-0.4, -0.2) is 9.97 Å². The third-order valence-corrected chi connectivity index (χ3v) is 12.3. The molecule has 0 amide bonds. The summed E-state index contributed by atoms with van der Waals surface area (Å²) in [6.45, 7) is 4.75. The average Bonchev–Trinajstić information content (AvgIpc) is 3.53. The minimum atomic E-state index is -0.123. The van der Waals surface area contributed by atoms with Crippen LogP contribution in [0.25, 0.3) is 100.0 Å². The maximum atomic E-state index is 5.17. The van der Waals surface area contributed by atoms with Crippen LogP contribution >= 0.6 is 0 Å². The number of rotatable bonds is 6. The number of hydrogen-bond donors (Lipinski definition) is 0. The highest BCUT2D eigenvalue weighted by molar-refractivity contribution is 6.08. The molecule has 0 N–H and O–H groups in total. The highest BCUT2D eigenvalue weighted by Crippen LogP contribution is 2.54. The fraction of sp³-hybridized carbons (Fsp3) is 0.0526. The van der Waals surface area contributed by atoms with E-state index in [0.717, 1.165) is 28.1 Å². The van der Waals surface area contributed by atoms with Crippen molar-refractivity contribution >= 4 is 21.5 Å². The van der Waals surface area contributed by atoms with Gasteiger partial charge in [0.15, 0.2) is 5.82 Å². The van der Waals surface area contributed by atoms with E-state index in [-0.39, 0.29) is 5.41 Å². The molecular weight excluding hydrogens is 713 g/mol. The Morgan fingerprint density at radius 3 is 1.53 bits per heavy atom. The molecule has 0 atom stereocenters. The van der Waals surface area contributed by atoms with Gasteiger partial charge in [0.1, 0.15) is 0 Å². The summed E-state index contributed by atoms with van der Waals surface area (Å²) in [7, 11) is 0. The van der Waals surface area contributed by atoms with Crippen molar-refractivity contribution in [3.8, 4) is 78.4 Å². The molecule has 278 valence electrons. The van der Waals surface area contributed by atoms with Crippen LogP contribution in [0, 0.1) is 0 Å². The predicted octanol–water partition coefficient (Wildman–Crippen LogP) is 15.1. The lowest BCUT2D eigenvalue weighted by Gasteiger charge is -2.22. The van der Waals surface area contributed by atoms with E-state index in [1.807, 2.05) is 18.2 Å². The second kappa shape index (κ2) is 13.9. The summed E-state index contributed by atoms with van der Waals surface area (Å²) in [6, 6.07) is 74.4. The molecule has 59 heavy (non-hydrogen) atoms. The summed E-state index contributed by atoms with van der Waals surface area (Å²) in [5, 5.41) is 5.01. The van der Waals surface area contributed by atoms with E-state index in [1.54, 1.807) is 0 Å². The Balaban J connectivity index is 1.05. The first-order chi connectivity index (χ1) is 29.0. The highest BCUT2D eigenvalue weighted by atomic mass is 14.9. The van der Waals surface area contributed by atoms with E-state index in [1.165, 1.54) is 77.2 Å². The molecule has 1 heterocycles. The number of fused-ring (bicyclic) bond motifs is 5. The lowest BCUT2D eigenvalue weighted by Crippen LogP contribution is -2.14. The largest absolute Gasteiger partial charge is 0.228 e. The fourth-order valence-electron chi connectivity index (χ4n) is 9.24. The maximum Gasteiger partial charge on any atom is 0.160 e. The van der Waals surface area contributed by atoms with Gasteiger partial charge in [-0.2, -0.15) is 0 Å². The summed E-state index contributed by atoms with van der Waals surface area (Å²) in [4.78, 5) is 10.3. The molecular formula is C57H40N2. The minimum absolute atomic E-state index is 0.123. The zero-order valence-electron chi connectivity index (χ0n) is 33.0. The molecule has 0 fully saturated rings. The quantitative estimate of drug-likeness (QED) is 0.169. The van der Waals surface area contributed by atoms with E-state index in [9.17, 15) is 0 Å². The smallest absolute Gasteiger partial charge is 0.160 e. The summed E-state index contributed by atoms with van der Waals surface area (Å²) in [6.07, 6.45) is 0. The Hall–Kier alpha value is -7.42. The molecule has 0 aliphatic heterocycles. The van der Waals surface area contributed by atoms with Crippen molar-refractivity contribution in [2.45, 2.75) is 19.3 Å². The first-order valence-electron chi connectivity index (χ1n) is 20.4. The fourth-order valence-corrected chi connectivity index (χ4v) is 9.24. The number of nitrogens with zero attached hydrogens (tertiary/aromatic N) is 2. The van der Waals surface area contributed by atoms with E-state index in [4.69, 9.17) is 9.97 Å². The van der Waals surface area contributed by atoms with Gasteiger partial charge in [0.25, 0.3) is 0 Å². The van der Waals surface area contributed by atoms with Crippen LogP contribution in [0.4, 0.5) is 0 Å². The molecule has 9 aromatic carbocycles. The Bertz CT molecular complexity index is 3200. The van der Waals surface area contributed by atoms with Crippen molar-refractivity contribution in [3.05, 3.63) is 217 Å². The average molecular weight is 753 g/mol. The Labute approximate surface area is 345 Å². The van der Waals surface area contributed by atoms with Gasteiger partial charge in [-0.1, -0.05) is 202 Å². The molecule has 1 aliphatic rings. The molecule has 0 spiro atoms. The number of hydrogen-bond acceptors (Lipinski definition) is 2. The summed E-state index contributed by atoms with van der Waals surface area (Å²) in [5.74, 6) is 0.708. The first kappa shape index (κ1) is 34.8. The molecule has 10 aromatic rings. The number of benzene rings is 9. The van der Waals surface area contributed by atoms with Gasteiger partial charge in [0.05, 0.1) is 11.4 Å². The van der Waals surface area contributed by atoms with Crippen molar-refractivity contribution in [3.63, 3.8) is 0 Å². The van der Waals surface area contributed by atoms with Crippen LogP contribution in [-0.2, 0) is 5.41 Å². The van der Waals surface area contributed by atoms with Crippen molar-refractivity contribution in [1.82, 2.24) is 9.97 Å². The van der Waals surface area contributed by atoms with Crippen LogP contribution in [0.3, 0.4) is 0 Å². The van der Waals surface area contributed by atoms with Gasteiger partial charge in [-0.25, -0.2) is 9.97 Å². The molecule has 2 heteroatoms. The Morgan fingerprint density at radius 1 is 0.322 bits per heavy atom. The van der Waals surface area contributed by atoms with Gasteiger partial charge < -0.3 is 0 Å². The maximum absolute atomic E-state index is 5.17. The molecule has 1 aliphatic carbocycles. The van der Waals surface area contributed by atoms with Crippen molar-refractivity contribution in [2.24, 2.45) is 0 Å². The SMILES string of the molecule is CC1(C)c2cc3ccccc3cc2-c2c(-c3ccc4ccccc4c3-c3ccc(-c4cc(-c5ccc(-c6ccccc6)cc5)nc(-c5ccccc5)n4)cc3)cccc21. The molecule has 0 bridgehead atoms. The summed E-state index contributed by atoms with van der Waals surface area (Å²) < 4.78 is 0. The Morgan fingerprint density at radius 2 is 0.847 bits per heavy atom. The first-order valence-corrected chi connectivity index (χ1v) is 20.4. The van der Waals surface area contributed by atoms with Gasteiger partial charge in [0.2, 0.25) is 0 Å².